The fourth-order valence-electron chi connectivity index (χ4n) is 2.15. The summed E-state index contributed by atoms with van der Waals surface area (Å²) in [6, 6.07) is 19.5. The maximum Gasteiger partial charge on any atom is 0.147 e. The van der Waals surface area contributed by atoms with Crippen LogP contribution < -0.4 is 0 Å². The van der Waals surface area contributed by atoms with Crippen molar-refractivity contribution in [2.45, 2.75) is 18.1 Å². The zero-order valence-corrected chi connectivity index (χ0v) is 12.2. The zero-order chi connectivity index (χ0) is 14.4. The maximum absolute atomic E-state index is 11.5. The van der Waals surface area contributed by atoms with Crippen molar-refractivity contribution in [3.8, 4) is 0 Å². The lowest BCUT2D eigenvalue weighted by Crippen LogP contribution is -2.15. The van der Waals surface area contributed by atoms with Crippen LogP contribution in [0.25, 0.3) is 6.08 Å². The topological polar surface area (TPSA) is 34.1 Å². The van der Waals surface area contributed by atoms with Gasteiger partial charge >= 0.3 is 0 Å². The Balaban J connectivity index is 2.22. The van der Waals surface area contributed by atoms with Crippen LogP contribution in [0.3, 0.4) is 0 Å². The van der Waals surface area contributed by atoms with Gasteiger partial charge in [0.25, 0.3) is 0 Å². The van der Waals surface area contributed by atoms with E-state index in [1.54, 1.807) is 6.08 Å². The fourth-order valence-corrected chi connectivity index (χ4v) is 2.91. The van der Waals surface area contributed by atoms with Crippen molar-refractivity contribution < 1.29 is 8.42 Å². The summed E-state index contributed by atoms with van der Waals surface area (Å²) >= 11 is 0. The van der Waals surface area contributed by atoms with Gasteiger partial charge in [0.05, 0.1) is 5.25 Å². The van der Waals surface area contributed by atoms with E-state index in [0.717, 1.165) is 11.1 Å². The third-order valence-electron chi connectivity index (χ3n) is 3.37. The first-order valence-corrected chi connectivity index (χ1v) is 7.85. The normalized spacial score (nSPS) is 14.5. The average molecular weight is 286 g/mol. The van der Waals surface area contributed by atoms with Crippen LogP contribution in [0.15, 0.2) is 66.7 Å². The summed E-state index contributed by atoms with van der Waals surface area (Å²) in [6.45, 7) is 1.94. The summed E-state index contributed by atoms with van der Waals surface area (Å²) < 4.78 is 23.0. The summed E-state index contributed by atoms with van der Waals surface area (Å²) in [4.78, 5) is 0. The van der Waals surface area contributed by atoms with E-state index < -0.39 is 16.0 Å². The van der Waals surface area contributed by atoms with Crippen molar-refractivity contribution >= 4 is 16.8 Å². The summed E-state index contributed by atoms with van der Waals surface area (Å²) in [6.07, 6.45) is 3.65. The molecule has 0 saturated carbocycles. The Labute approximate surface area is 121 Å². The van der Waals surface area contributed by atoms with Crippen molar-refractivity contribution in [3.63, 3.8) is 0 Å². The Bertz CT molecular complexity index is 623. The minimum absolute atomic E-state index is 0.0581. The minimum atomic E-state index is -2.51. The first-order chi connectivity index (χ1) is 9.68. The molecule has 2 aromatic rings. The molecule has 0 saturated heterocycles. The van der Waals surface area contributed by atoms with E-state index in [-0.39, 0.29) is 5.92 Å². The monoisotopic (exact) mass is 286 g/mol. The molecule has 2 aromatic carbocycles. The predicted octanol–water partition coefficient (Wildman–Crippen LogP) is 3.48. The van der Waals surface area contributed by atoms with E-state index >= 15 is 0 Å². The summed E-state index contributed by atoms with van der Waals surface area (Å²) in [5, 5.41) is -0.493. The third kappa shape index (κ3) is 3.81. The Morgan fingerprint density at radius 3 is 2.00 bits per heavy atom. The van der Waals surface area contributed by atoms with Crippen LogP contribution >= 0.6 is 0 Å². The zero-order valence-electron chi connectivity index (χ0n) is 11.3. The van der Waals surface area contributed by atoms with Crippen LogP contribution in [0.5, 0.6) is 0 Å². The molecule has 0 aliphatic rings. The highest BCUT2D eigenvalue weighted by molar-refractivity contribution is 7.73. The molecule has 3 heteroatoms. The van der Waals surface area contributed by atoms with Gasteiger partial charge in [-0.05, 0) is 11.1 Å². The number of thiol groups is 1. The van der Waals surface area contributed by atoms with Crippen molar-refractivity contribution in [1.29, 1.82) is 0 Å². The lowest BCUT2D eigenvalue weighted by atomic mass is 9.97. The van der Waals surface area contributed by atoms with E-state index in [2.05, 4.69) is 0 Å². The number of hydrogen-bond donors (Lipinski definition) is 1. The molecular formula is C17H18O2S. The molecule has 2 atom stereocenters. The van der Waals surface area contributed by atoms with E-state index in [1.165, 1.54) is 0 Å². The summed E-state index contributed by atoms with van der Waals surface area (Å²) in [7, 11) is -2.51. The molecule has 0 aliphatic carbocycles. The highest BCUT2D eigenvalue weighted by Crippen LogP contribution is 2.22. The first-order valence-electron chi connectivity index (χ1n) is 6.60. The molecule has 2 nitrogen and oxygen atoms in total. The SMILES string of the molecule is CC(c1ccccc1)C(C=Cc1ccccc1)[SH](=O)=O. The third-order valence-corrected chi connectivity index (χ3v) is 4.47. The van der Waals surface area contributed by atoms with E-state index in [0.29, 0.717) is 0 Å². The molecule has 0 bridgehead atoms. The highest BCUT2D eigenvalue weighted by atomic mass is 32.2. The van der Waals surface area contributed by atoms with Gasteiger partial charge in [0.1, 0.15) is 10.7 Å². The van der Waals surface area contributed by atoms with Crippen LogP contribution in [0.4, 0.5) is 0 Å². The molecule has 0 fully saturated rings. The van der Waals surface area contributed by atoms with Gasteiger partial charge in [0, 0.05) is 5.92 Å². The molecule has 0 amide bonds. The van der Waals surface area contributed by atoms with Crippen LogP contribution in [-0.2, 0) is 10.7 Å². The molecule has 0 spiro atoms. The van der Waals surface area contributed by atoms with Crippen molar-refractivity contribution in [2.24, 2.45) is 0 Å². The smallest absolute Gasteiger partial charge is 0.147 e. The molecule has 2 unspecified atom stereocenters. The Hall–Kier alpha value is -1.87. The number of hydrogen-bond acceptors (Lipinski definition) is 2. The van der Waals surface area contributed by atoms with Gasteiger partial charge in [-0.1, -0.05) is 79.7 Å². The van der Waals surface area contributed by atoms with E-state index in [4.69, 9.17) is 0 Å². The van der Waals surface area contributed by atoms with Crippen molar-refractivity contribution in [1.82, 2.24) is 0 Å². The van der Waals surface area contributed by atoms with Crippen molar-refractivity contribution in [2.75, 3.05) is 0 Å². The lowest BCUT2D eigenvalue weighted by molar-refractivity contribution is 0.598. The minimum Gasteiger partial charge on any atom is -0.231 e. The summed E-state index contributed by atoms with van der Waals surface area (Å²) in [5.74, 6) is -0.0581. The Kier molecular flexibility index (Phi) is 5.13. The molecule has 0 heterocycles. The molecule has 0 radical (unpaired) electrons. The Morgan fingerprint density at radius 2 is 1.45 bits per heavy atom. The second kappa shape index (κ2) is 7.06. The van der Waals surface area contributed by atoms with Crippen LogP contribution in [0, 0.1) is 0 Å². The van der Waals surface area contributed by atoms with Gasteiger partial charge in [-0.15, -0.1) is 0 Å². The van der Waals surface area contributed by atoms with Gasteiger partial charge in [0.2, 0.25) is 0 Å². The first kappa shape index (κ1) is 14.5. The van der Waals surface area contributed by atoms with Gasteiger partial charge < -0.3 is 0 Å². The Morgan fingerprint density at radius 1 is 0.900 bits per heavy atom. The molecule has 104 valence electrons. The van der Waals surface area contributed by atoms with Gasteiger partial charge in [0.15, 0.2) is 0 Å². The summed E-state index contributed by atoms with van der Waals surface area (Å²) in [5.41, 5.74) is 2.05. The average Bonchev–Trinajstić information content (AvgIpc) is 2.49. The highest BCUT2D eigenvalue weighted by Gasteiger charge is 2.18. The number of benzene rings is 2. The fraction of sp³-hybridized carbons (Fsp3) is 0.176. The van der Waals surface area contributed by atoms with Gasteiger partial charge in [-0.2, -0.15) is 0 Å². The van der Waals surface area contributed by atoms with Crippen LogP contribution in [0.2, 0.25) is 0 Å². The molecular weight excluding hydrogens is 268 g/mol. The standard InChI is InChI=1S/C17H18O2S/c1-14(16-10-6-3-7-11-16)17(20(18)19)13-12-15-8-4-2-5-9-15/h2-14,17,20H,1H3. The quantitative estimate of drug-likeness (QED) is 0.854. The second-order valence-corrected chi connectivity index (χ2v) is 5.91. The predicted molar refractivity (Wildman–Crippen MR) is 84.4 cm³/mol. The maximum atomic E-state index is 11.5. The van der Waals surface area contributed by atoms with Crippen molar-refractivity contribution in [3.05, 3.63) is 77.9 Å². The van der Waals surface area contributed by atoms with E-state index in [1.807, 2.05) is 73.7 Å². The van der Waals surface area contributed by atoms with Crippen LogP contribution in [0.1, 0.15) is 24.0 Å². The van der Waals surface area contributed by atoms with Crippen LogP contribution in [-0.4, -0.2) is 13.7 Å². The van der Waals surface area contributed by atoms with Gasteiger partial charge in [-0.25, -0.2) is 8.42 Å². The molecule has 2 rings (SSSR count). The van der Waals surface area contributed by atoms with E-state index in [9.17, 15) is 8.42 Å². The number of rotatable bonds is 5. The molecule has 20 heavy (non-hydrogen) atoms. The molecule has 0 aliphatic heterocycles. The second-order valence-electron chi connectivity index (χ2n) is 4.75. The largest absolute Gasteiger partial charge is 0.231 e. The lowest BCUT2D eigenvalue weighted by Gasteiger charge is -2.15. The molecule has 0 N–H and O–H groups in total. The van der Waals surface area contributed by atoms with Gasteiger partial charge in [-0.3, -0.25) is 0 Å². The molecule has 0 aromatic heterocycles.